The number of hydrogen-bond donors (Lipinski definition) is 1. The van der Waals surface area contributed by atoms with Crippen LogP contribution in [0.1, 0.15) is 20.0 Å². The number of carbonyl (C=O) groups is 2. The predicted octanol–water partition coefficient (Wildman–Crippen LogP) is 5.92. The van der Waals surface area contributed by atoms with Crippen LogP contribution in [0.4, 0.5) is 11.4 Å². The second kappa shape index (κ2) is 9.49. The number of benzene rings is 2. The highest BCUT2D eigenvalue weighted by Gasteiger charge is 2.24. The fraction of sp³-hybridized carbons (Fsp3) is 0.182. The van der Waals surface area contributed by atoms with Crippen LogP contribution in [0, 0.1) is 0 Å². The van der Waals surface area contributed by atoms with Crippen LogP contribution >= 0.6 is 46.1 Å². The van der Waals surface area contributed by atoms with Crippen LogP contribution in [0.15, 0.2) is 53.9 Å². The quantitative estimate of drug-likeness (QED) is 0.489. The lowest BCUT2D eigenvalue weighted by Crippen LogP contribution is -2.48. The number of hydrogen-bond acceptors (Lipinski definition) is 4. The molecule has 3 aromatic rings. The Kier molecular flexibility index (Phi) is 6.72. The number of rotatable bonds is 4. The molecule has 2 heterocycles. The van der Waals surface area contributed by atoms with Crippen LogP contribution in [0.5, 0.6) is 0 Å². The zero-order chi connectivity index (χ0) is 22.0. The summed E-state index contributed by atoms with van der Waals surface area (Å²) in [6, 6.07) is 13.8. The van der Waals surface area contributed by atoms with E-state index in [9.17, 15) is 9.59 Å². The molecule has 0 unspecified atom stereocenters. The van der Waals surface area contributed by atoms with Gasteiger partial charge in [-0.1, -0.05) is 40.9 Å². The Morgan fingerprint density at radius 3 is 2.29 bits per heavy atom. The SMILES string of the molecule is O=C(Nc1ccc(N2CCN(C(=O)c3cccs3)CC2)c(Cl)c1)c1ccc(Cl)c(Cl)c1. The third kappa shape index (κ3) is 4.99. The first kappa shape index (κ1) is 22.0. The van der Waals surface area contributed by atoms with E-state index >= 15 is 0 Å². The van der Waals surface area contributed by atoms with Gasteiger partial charge in [-0.2, -0.15) is 0 Å². The summed E-state index contributed by atoms with van der Waals surface area (Å²) in [7, 11) is 0. The Labute approximate surface area is 199 Å². The number of nitrogens with zero attached hydrogens (tertiary/aromatic N) is 2. The summed E-state index contributed by atoms with van der Waals surface area (Å²) >= 11 is 19.9. The molecule has 2 aromatic carbocycles. The van der Waals surface area contributed by atoms with Gasteiger partial charge in [0.05, 0.1) is 25.6 Å². The molecule has 1 saturated heterocycles. The van der Waals surface area contributed by atoms with Gasteiger partial charge in [0.2, 0.25) is 0 Å². The van der Waals surface area contributed by atoms with Gasteiger partial charge in [0, 0.05) is 37.4 Å². The highest BCUT2D eigenvalue weighted by molar-refractivity contribution is 7.12. The molecule has 1 aliphatic heterocycles. The van der Waals surface area contributed by atoms with E-state index in [-0.39, 0.29) is 11.8 Å². The molecule has 2 amide bonds. The van der Waals surface area contributed by atoms with E-state index in [1.165, 1.54) is 17.4 Å². The maximum atomic E-state index is 12.5. The monoisotopic (exact) mass is 493 g/mol. The zero-order valence-corrected chi connectivity index (χ0v) is 19.4. The second-order valence-electron chi connectivity index (χ2n) is 7.01. The van der Waals surface area contributed by atoms with Gasteiger partial charge in [0.25, 0.3) is 11.8 Å². The average molecular weight is 495 g/mol. The molecule has 1 fully saturated rings. The first-order chi connectivity index (χ1) is 14.9. The largest absolute Gasteiger partial charge is 0.367 e. The summed E-state index contributed by atoms with van der Waals surface area (Å²) < 4.78 is 0. The van der Waals surface area contributed by atoms with Gasteiger partial charge >= 0.3 is 0 Å². The lowest BCUT2D eigenvalue weighted by atomic mass is 10.2. The van der Waals surface area contributed by atoms with Crippen LogP contribution in [-0.4, -0.2) is 42.9 Å². The molecule has 160 valence electrons. The van der Waals surface area contributed by atoms with Crippen LogP contribution in [0.3, 0.4) is 0 Å². The number of thiophene rings is 1. The number of halogens is 3. The van der Waals surface area contributed by atoms with Crippen molar-refractivity contribution in [2.75, 3.05) is 36.4 Å². The van der Waals surface area contributed by atoms with E-state index < -0.39 is 0 Å². The van der Waals surface area contributed by atoms with Gasteiger partial charge in [0.1, 0.15) is 0 Å². The highest BCUT2D eigenvalue weighted by Crippen LogP contribution is 2.30. The Balaban J connectivity index is 1.39. The molecule has 4 rings (SSSR count). The van der Waals surface area contributed by atoms with Crippen molar-refractivity contribution in [1.29, 1.82) is 0 Å². The molecule has 0 atom stereocenters. The third-order valence-corrected chi connectivity index (χ3v) is 6.93. The number of nitrogens with one attached hydrogen (secondary N) is 1. The van der Waals surface area contributed by atoms with E-state index in [2.05, 4.69) is 10.2 Å². The summed E-state index contributed by atoms with van der Waals surface area (Å²) in [5, 5.41) is 5.97. The van der Waals surface area contributed by atoms with Crippen molar-refractivity contribution in [1.82, 2.24) is 4.90 Å². The van der Waals surface area contributed by atoms with Gasteiger partial charge in [-0.05, 0) is 47.8 Å². The minimum atomic E-state index is -0.303. The maximum Gasteiger partial charge on any atom is 0.264 e. The van der Waals surface area contributed by atoms with Crippen molar-refractivity contribution < 1.29 is 9.59 Å². The molecule has 0 bridgehead atoms. The molecule has 0 saturated carbocycles. The van der Waals surface area contributed by atoms with E-state index in [0.29, 0.717) is 52.5 Å². The summed E-state index contributed by atoms with van der Waals surface area (Å²) in [6.07, 6.45) is 0. The maximum absolute atomic E-state index is 12.5. The minimum Gasteiger partial charge on any atom is -0.367 e. The zero-order valence-electron chi connectivity index (χ0n) is 16.3. The predicted molar refractivity (Wildman–Crippen MR) is 128 cm³/mol. The van der Waals surface area contributed by atoms with E-state index in [1.807, 2.05) is 28.5 Å². The average Bonchev–Trinajstić information content (AvgIpc) is 3.30. The Hall–Kier alpha value is -2.25. The van der Waals surface area contributed by atoms with Crippen molar-refractivity contribution >= 4 is 69.3 Å². The number of anilines is 2. The Bertz CT molecular complexity index is 1110. The summed E-state index contributed by atoms with van der Waals surface area (Å²) in [6.45, 7) is 2.63. The summed E-state index contributed by atoms with van der Waals surface area (Å²) in [5.74, 6) is -0.232. The first-order valence-electron chi connectivity index (χ1n) is 9.56. The standard InChI is InChI=1S/C22H18Cl3N3O2S/c23-16-5-3-14(12-17(16)24)21(29)26-15-4-6-19(18(25)13-15)27-7-9-28(10-8-27)22(30)20-2-1-11-31-20/h1-6,11-13H,7-10H2,(H,26,29). The Morgan fingerprint density at radius 1 is 0.871 bits per heavy atom. The Morgan fingerprint density at radius 2 is 1.65 bits per heavy atom. The third-order valence-electron chi connectivity index (χ3n) is 5.03. The van der Waals surface area contributed by atoms with Crippen molar-refractivity contribution in [2.45, 2.75) is 0 Å². The van der Waals surface area contributed by atoms with Gasteiger partial charge in [0.15, 0.2) is 0 Å². The lowest BCUT2D eigenvalue weighted by Gasteiger charge is -2.36. The van der Waals surface area contributed by atoms with Gasteiger partial charge in [-0.15, -0.1) is 11.3 Å². The second-order valence-corrected chi connectivity index (χ2v) is 9.18. The number of amides is 2. The van der Waals surface area contributed by atoms with Crippen LogP contribution in [0.25, 0.3) is 0 Å². The van der Waals surface area contributed by atoms with E-state index in [0.717, 1.165) is 10.6 Å². The van der Waals surface area contributed by atoms with E-state index in [4.69, 9.17) is 34.8 Å². The molecule has 31 heavy (non-hydrogen) atoms. The van der Waals surface area contributed by atoms with Crippen molar-refractivity contribution in [3.05, 3.63) is 79.4 Å². The van der Waals surface area contributed by atoms with Crippen LogP contribution in [-0.2, 0) is 0 Å². The van der Waals surface area contributed by atoms with Crippen LogP contribution < -0.4 is 10.2 Å². The summed E-state index contributed by atoms with van der Waals surface area (Å²) in [4.78, 5) is 29.7. The van der Waals surface area contributed by atoms with Gasteiger partial charge < -0.3 is 15.1 Å². The molecular formula is C22H18Cl3N3O2S. The molecule has 0 radical (unpaired) electrons. The molecule has 0 aliphatic carbocycles. The van der Waals surface area contributed by atoms with Crippen molar-refractivity contribution in [2.24, 2.45) is 0 Å². The van der Waals surface area contributed by atoms with E-state index in [1.54, 1.807) is 24.3 Å². The first-order valence-corrected chi connectivity index (χ1v) is 11.6. The molecule has 1 N–H and O–H groups in total. The van der Waals surface area contributed by atoms with Crippen molar-refractivity contribution in [3.8, 4) is 0 Å². The molecule has 5 nitrogen and oxygen atoms in total. The number of piperazine rings is 1. The normalized spacial score (nSPS) is 13.9. The fourth-order valence-electron chi connectivity index (χ4n) is 3.39. The topological polar surface area (TPSA) is 52.7 Å². The van der Waals surface area contributed by atoms with Crippen LogP contribution in [0.2, 0.25) is 15.1 Å². The number of carbonyl (C=O) groups excluding carboxylic acids is 2. The summed E-state index contributed by atoms with van der Waals surface area (Å²) in [5.41, 5.74) is 1.86. The van der Waals surface area contributed by atoms with Gasteiger partial charge in [-0.25, -0.2) is 0 Å². The molecule has 1 aliphatic rings. The molecule has 1 aromatic heterocycles. The highest BCUT2D eigenvalue weighted by atomic mass is 35.5. The molecule has 9 heteroatoms. The van der Waals surface area contributed by atoms with Gasteiger partial charge in [-0.3, -0.25) is 9.59 Å². The minimum absolute atomic E-state index is 0.0705. The lowest BCUT2D eigenvalue weighted by molar-refractivity contribution is 0.0751. The smallest absolute Gasteiger partial charge is 0.264 e. The van der Waals surface area contributed by atoms with Crippen molar-refractivity contribution in [3.63, 3.8) is 0 Å². The molecular weight excluding hydrogens is 477 g/mol. The molecule has 0 spiro atoms. The fourth-order valence-corrected chi connectivity index (χ4v) is 4.68.